The standard InChI is InChI=1S/C25H19ClN2O5S/c1-3-31-23-14-17(12-18(15-27)25-28-21-6-4-5-7-22(21)32-25)13-20(26)24(23)33-34(29,30)19-10-8-16(2)9-11-19/h4-14H,3H2,1-2H3/b18-12+. The molecule has 1 aromatic heterocycles. The molecular weight excluding hydrogens is 476 g/mol. The lowest BCUT2D eigenvalue weighted by Crippen LogP contribution is -2.11. The van der Waals surface area contributed by atoms with Crippen LogP contribution < -0.4 is 8.92 Å². The predicted octanol–water partition coefficient (Wildman–Crippen LogP) is 6.02. The van der Waals surface area contributed by atoms with Gasteiger partial charge in [-0.25, -0.2) is 4.98 Å². The minimum absolute atomic E-state index is 0.00254. The summed E-state index contributed by atoms with van der Waals surface area (Å²) in [6.07, 6.45) is 1.53. The zero-order valence-electron chi connectivity index (χ0n) is 18.3. The number of halogens is 1. The number of benzene rings is 3. The summed E-state index contributed by atoms with van der Waals surface area (Å²) in [6, 6.07) is 18.5. The SMILES string of the molecule is CCOc1cc(/C=C(\C#N)c2nc3ccccc3o2)cc(Cl)c1OS(=O)(=O)c1ccc(C)cc1. The van der Waals surface area contributed by atoms with Crippen LogP contribution in [0.2, 0.25) is 5.02 Å². The van der Waals surface area contributed by atoms with Crippen molar-refractivity contribution in [3.63, 3.8) is 0 Å². The first-order chi connectivity index (χ1) is 16.3. The second kappa shape index (κ2) is 9.59. The van der Waals surface area contributed by atoms with E-state index >= 15 is 0 Å². The molecule has 0 atom stereocenters. The normalized spacial score (nSPS) is 11.9. The molecule has 0 aliphatic rings. The molecule has 1 heterocycles. The number of hydrogen-bond donors (Lipinski definition) is 0. The van der Waals surface area contributed by atoms with Crippen molar-refractivity contribution in [2.75, 3.05) is 6.61 Å². The summed E-state index contributed by atoms with van der Waals surface area (Å²) in [5, 5.41) is 9.68. The van der Waals surface area contributed by atoms with Crippen molar-refractivity contribution in [2.24, 2.45) is 0 Å². The number of aromatic nitrogens is 1. The summed E-state index contributed by atoms with van der Waals surface area (Å²) in [5.74, 6) is 0.133. The maximum Gasteiger partial charge on any atom is 0.339 e. The average Bonchev–Trinajstić information content (AvgIpc) is 3.24. The smallest absolute Gasteiger partial charge is 0.339 e. The van der Waals surface area contributed by atoms with Crippen molar-refractivity contribution in [1.82, 2.24) is 4.98 Å². The molecule has 0 spiro atoms. The zero-order valence-corrected chi connectivity index (χ0v) is 19.9. The molecule has 0 N–H and O–H groups in total. The molecular formula is C25H19ClN2O5S. The van der Waals surface area contributed by atoms with Gasteiger partial charge in [0.1, 0.15) is 22.1 Å². The van der Waals surface area contributed by atoms with E-state index in [1.54, 1.807) is 31.2 Å². The number of nitrogens with zero attached hydrogens (tertiary/aromatic N) is 2. The molecule has 0 fully saturated rings. The van der Waals surface area contributed by atoms with Crippen LogP contribution in [-0.2, 0) is 10.1 Å². The lowest BCUT2D eigenvalue weighted by atomic mass is 10.1. The summed E-state index contributed by atoms with van der Waals surface area (Å²) < 4.78 is 42.2. The highest BCUT2D eigenvalue weighted by atomic mass is 35.5. The van der Waals surface area contributed by atoms with E-state index in [1.807, 2.05) is 19.1 Å². The van der Waals surface area contributed by atoms with Crippen LogP contribution in [0.1, 0.15) is 23.9 Å². The Morgan fingerprint density at radius 1 is 1.18 bits per heavy atom. The Labute approximate surface area is 201 Å². The molecule has 0 radical (unpaired) electrons. The Morgan fingerprint density at radius 2 is 1.91 bits per heavy atom. The maximum absolute atomic E-state index is 12.8. The van der Waals surface area contributed by atoms with Crippen LogP contribution in [0, 0.1) is 18.3 Å². The predicted molar refractivity (Wildman–Crippen MR) is 129 cm³/mol. The summed E-state index contributed by atoms with van der Waals surface area (Å²) in [4.78, 5) is 4.33. The molecule has 4 rings (SSSR count). The van der Waals surface area contributed by atoms with Crippen molar-refractivity contribution in [3.05, 3.63) is 82.7 Å². The Hall–Kier alpha value is -3.80. The second-order valence-corrected chi connectivity index (χ2v) is 9.22. The molecule has 7 nitrogen and oxygen atoms in total. The van der Waals surface area contributed by atoms with E-state index in [9.17, 15) is 13.7 Å². The van der Waals surface area contributed by atoms with E-state index in [0.29, 0.717) is 16.7 Å². The highest BCUT2D eigenvalue weighted by Crippen LogP contribution is 2.39. The van der Waals surface area contributed by atoms with Gasteiger partial charge in [-0.1, -0.05) is 41.4 Å². The fourth-order valence-electron chi connectivity index (χ4n) is 3.17. The van der Waals surface area contributed by atoms with E-state index in [0.717, 1.165) is 5.56 Å². The number of para-hydroxylation sites is 2. The number of aryl methyl sites for hydroxylation is 1. The quantitative estimate of drug-likeness (QED) is 0.228. The molecule has 0 aliphatic heterocycles. The van der Waals surface area contributed by atoms with Crippen molar-refractivity contribution < 1.29 is 21.8 Å². The number of oxazole rings is 1. The number of ether oxygens (including phenoxy) is 1. The Kier molecular flexibility index (Phi) is 6.59. The molecule has 0 bridgehead atoms. The van der Waals surface area contributed by atoms with Gasteiger partial charge in [0, 0.05) is 0 Å². The highest BCUT2D eigenvalue weighted by Gasteiger charge is 2.22. The fraction of sp³-hybridized carbons (Fsp3) is 0.120. The van der Waals surface area contributed by atoms with Crippen molar-refractivity contribution in [2.45, 2.75) is 18.7 Å². The van der Waals surface area contributed by atoms with Crippen LogP contribution in [0.15, 0.2) is 70.0 Å². The molecule has 0 saturated carbocycles. The van der Waals surface area contributed by atoms with Crippen molar-refractivity contribution in [3.8, 4) is 17.6 Å². The van der Waals surface area contributed by atoms with Gasteiger partial charge < -0.3 is 13.3 Å². The van der Waals surface area contributed by atoms with Gasteiger partial charge in [0.15, 0.2) is 11.3 Å². The van der Waals surface area contributed by atoms with Crippen LogP contribution in [0.3, 0.4) is 0 Å². The second-order valence-electron chi connectivity index (χ2n) is 7.27. The third kappa shape index (κ3) is 4.91. The largest absolute Gasteiger partial charge is 0.490 e. The number of hydrogen-bond acceptors (Lipinski definition) is 7. The van der Waals surface area contributed by atoms with E-state index < -0.39 is 10.1 Å². The van der Waals surface area contributed by atoms with Gasteiger partial charge in [-0.15, -0.1) is 0 Å². The Balaban J connectivity index is 1.73. The molecule has 172 valence electrons. The highest BCUT2D eigenvalue weighted by molar-refractivity contribution is 7.87. The molecule has 34 heavy (non-hydrogen) atoms. The lowest BCUT2D eigenvalue weighted by molar-refractivity contribution is 0.327. The average molecular weight is 495 g/mol. The molecule has 0 aliphatic carbocycles. The van der Waals surface area contributed by atoms with Crippen LogP contribution in [0.4, 0.5) is 0 Å². The maximum atomic E-state index is 12.8. The van der Waals surface area contributed by atoms with E-state index in [2.05, 4.69) is 11.1 Å². The molecule has 9 heteroatoms. The van der Waals surface area contributed by atoms with E-state index in [-0.39, 0.29) is 39.5 Å². The number of allylic oxidation sites excluding steroid dienone is 1. The third-order valence-electron chi connectivity index (χ3n) is 4.79. The molecule has 3 aromatic carbocycles. The lowest BCUT2D eigenvalue weighted by Gasteiger charge is -2.14. The topological polar surface area (TPSA) is 102 Å². The van der Waals surface area contributed by atoms with Crippen LogP contribution in [0.5, 0.6) is 11.5 Å². The Morgan fingerprint density at radius 3 is 2.59 bits per heavy atom. The first-order valence-electron chi connectivity index (χ1n) is 10.3. The van der Waals surface area contributed by atoms with Gasteiger partial charge in [0.25, 0.3) is 0 Å². The van der Waals surface area contributed by atoms with E-state index in [4.69, 9.17) is 24.9 Å². The summed E-state index contributed by atoms with van der Waals surface area (Å²) in [6.45, 7) is 3.83. The molecule has 0 saturated heterocycles. The Bertz CT molecular complexity index is 1500. The third-order valence-corrected chi connectivity index (χ3v) is 6.31. The van der Waals surface area contributed by atoms with E-state index in [1.165, 1.54) is 30.3 Å². The minimum atomic E-state index is -4.15. The zero-order chi connectivity index (χ0) is 24.3. The summed E-state index contributed by atoms with van der Waals surface area (Å²) in [7, 11) is -4.15. The van der Waals surface area contributed by atoms with Gasteiger partial charge in [-0.2, -0.15) is 13.7 Å². The summed E-state index contributed by atoms with van der Waals surface area (Å²) >= 11 is 6.41. The first kappa shape index (κ1) is 23.4. The number of rotatable bonds is 7. The molecule has 4 aromatic rings. The summed E-state index contributed by atoms with van der Waals surface area (Å²) in [5.41, 5.74) is 2.73. The monoisotopic (exact) mass is 494 g/mol. The van der Waals surface area contributed by atoms with Crippen molar-refractivity contribution in [1.29, 1.82) is 5.26 Å². The molecule has 0 unspecified atom stereocenters. The minimum Gasteiger partial charge on any atom is -0.490 e. The number of fused-ring (bicyclic) bond motifs is 1. The molecule has 0 amide bonds. The first-order valence-corrected chi connectivity index (χ1v) is 12.0. The van der Waals surface area contributed by atoms with Crippen molar-refractivity contribution >= 4 is 44.5 Å². The van der Waals surface area contributed by atoms with Gasteiger partial charge in [-0.05, 0) is 61.9 Å². The fourth-order valence-corrected chi connectivity index (χ4v) is 4.43. The van der Waals surface area contributed by atoms with Gasteiger partial charge in [0.05, 0.1) is 11.6 Å². The van der Waals surface area contributed by atoms with Crippen LogP contribution >= 0.6 is 11.6 Å². The van der Waals surface area contributed by atoms with Gasteiger partial charge in [0.2, 0.25) is 11.6 Å². The van der Waals surface area contributed by atoms with Gasteiger partial charge in [-0.3, -0.25) is 0 Å². The van der Waals surface area contributed by atoms with Crippen LogP contribution in [0.25, 0.3) is 22.7 Å². The number of nitriles is 1. The van der Waals surface area contributed by atoms with Gasteiger partial charge >= 0.3 is 10.1 Å². The van der Waals surface area contributed by atoms with Crippen LogP contribution in [-0.4, -0.2) is 20.0 Å².